The van der Waals surface area contributed by atoms with Crippen molar-refractivity contribution < 1.29 is 9.18 Å². The predicted molar refractivity (Wildman–Crippen MR) is 101 cm³/mol. The van der Waals surface area contributed by atoms with Crippen LogP contribution in [-0.2, 0) is 0 Å². The average Bonchev–Trinajstić information content (AvgIpc) is 2.99. The summed E-state index contributed by atoms with van der Waals surface area (Å²) >= 11 is 0. The van der Waals surface area contributed by atoms with Crippen molar-refractivity contribution in [1.29, 1.82) is 0 Å². The van der Waals surface area contributed by atoms with Crippen LogP contribution in [0.1, 0.15) is 23.7 Å². The third kappa shape index (κ3) is 3.72. The fraction of sp³-hybridized carbons (Fsp3) is 0.316. The van der Waals surface area contributed by atoms with Crippen LogP contribution in [0.15, 0.2) is 30.5 Å². The summed E-state index contributed by atoms with van der Waals surface area (Å²) in [6, 6.07) is 7.51. The molecule has 0 radical (unpaired) electrons. The third-order valence-corrected chi connectivity index (χ3v) is 4.10. The van der Waals surface area contributed by atoms with Gasteiger partial charge in [-0.1, -0.05) is 18.2 Å². The summed E-state index contributed by atoms with van der Waals surface area (Å²) in [5.41, 5.74) is 1.85. The molecule has 1 aromatic carbocycles. The molecule has 0 spiro atoms. The van der Waals surface area contributed by atoms with E-state index in [9.17, 15) is 9.18 Å². The molecule has 6 nitrogen and oxygen atoms in total. The van der Waals surface area contributed by atoms with Crippen LogP contribution < -0.4 is 5.32 Å². The summed E-state index contributed by atoms with van der Waals surface area (Å²) in [5, 5.41) is 3.82. The minimum atomic E-state index is -0.515. The van der Waals surface area contributed by atoms with Gasteiger partial charge in [-0.15, -0.1) is 0 Å². The summed E-state index contributed by atoms with van der Waals surface area (Å²) in [4.78, 5) is 25.8. The van der Waals surface area contributed by atoms with Crippen molar-refractivity contribution >= 4 is 22.5 Å². The summed E-state index contributed by atoms with van der Waals surface area (Å²) in [7, 11) is 3.98. The average molecular weight is 355 g/mol. The van der Waals surface area contributed by atoms with Gasteiger partial charge in [-0.2, -0.15) is 0 Å². The number of Topliss-reactive ketones (excluding diaryl/α,β-unsaturated/α-hetero) is 1. The normalized spacial score (nSPS) is 11.3. The lowest BCUT2D eigenvalue weighted by molar-refractivity contribution is 0.102. The van der Waals surface area contributed by atoms with E-state index in [1.165, 1.54) is 6.92 Å². The van der Waals surface area contributed by atoms with Gasteiger partial charge in [0.1, 0.15) is 0 Å². The highest BCUT2D eigenvalue weighted by Crippen LogP contribution is 2.29. The van der Waals surface area contributed by atoms with E-state index in [1.54, 1.807) is 0 Å². The van der Waals surface area contributed by atoms with Crippen molar-refractivity contribution in [2.75, 3.05) is 32.5 Å². The molecule has 0 fully saturated rings. The number of nitrogens with one attached hydrogen (secondary N) is 2. The van der Waals surface area contributed by atoms with Gasteiger partial charge in [0.05, 0.1) is 17.5 Å². The number of H-pyrrole nitrogens is 1. The maximum absolute atomic E-state index is 14.1. The van der Waals surface area contributed by atoms with Crippen molar-refractivity contribution in [3.63, 3.8) is 0 Å². The molecule has 7 heteroatoms. The minimum Gasteiger partial charge on any atom is -0.367 e. The minimum absolute atomic E-state index is 0.0918. The predicted octanol–water partition coefficient (Wildman–Crippen LogP) is 3.33. The Morgan fingerprint density at radius 1 is 1.31 bits per heavy atom. The van der Waals surface area contributed by atoms with Crippen molar-refractivity contribution in [3.05, 3.63) is 41.8 Å². The molecule has 0 unspecified atom stereocenters. The van der Waals surface area contributed by atoms with Crippen LogP contribution in [0.5, 0.6) is 0 Å². The fourth-order valence-electron chi connectivity index (χ4n) is 2.89. The Morgan fingerprint density at radius 2 is 2.08 bits per heavy atom. The highest BCUT2D eigenvalue weighted by Gasteiger charge is 2.19. The van der Waals surface area contributed by atoms with Crippen LogP contribution in [0.2, 0.25) is 0 Å². The molecule has 0 aliphatic carbocycles. The first kappa shape index (κ1) is 18.0. The van der Waals surface area contributed by atoms with Crippen LogP contribution in [0, 0.1) is 5.82 Å². The molecule has 26 heavy (non-hydrogen) atoms. The van der Waals surface area contributed by atoms with Gasteiger partial charge >= 0.3 is 0 Å². The number of para-hydroxylation sites is 1. The molecule has 2 heterocycles. The Morgan fingerprint density at radius 3 is 2.81 bits per heavy atom. The first-order chi connectivity index (χ1) is 12.5. The number of benzene rings is 1. The Kier molecular flexibility index (Phi) is 5.27. The molecule has 3 rings (SSSR count). The second-order valence-corrected chi connectivity index (χ2v) is 6.45. The summed E-state index contributed by atoms with van der Waals surface area (Å²) < 4.78 is 14.1. The molecule has 0 bridgehead atoms. The van der Waals surface area contributed by atoms with Crippen molar-refractivity contribution in [1.82, 2.24) is 19.9 Å². The number of hydrogen-bond donors (Lipinski definition) is 2. The van der Waals surface area contributed by atoms with Gasteiger partial charge in [0, 0.05) is 17.4 Å². The smallest absolute Gasteiger partial charge is 0.183 e. The van der Waals surface area contributed by atoms with Gasteiger partial charge in [-0.25, -0.2) is 14.4 Å². The number of aromatic nitrogens is 3. The quantitative estimate of drug-likeness (QED) is 0.502. The van der Waals surface area contributed by atoms with E-state index < -0.39 is 5.82 Å². The number of ketones is 1. The second-order valence-electron chi connectivity index (χ2n) is 6.45. The number of anilines is 1. The number of nitrogens with zero attached hydrogens (tertiary/aromatic N) is 3. The van der Waals surface area contributed by atoms with Crippen LogP contribution >= 0.6 is 0 Å². The van der Waals surface area contributed by atoms with E-state index in [0.29, 0.717) is 23.6 Å². The van der Waals surface area contributed by atoms with Gasteiger partial charge < -0.3 is 15.2 Å². The Bertz CT molecular complexity index is 935. The summed E-state index contributed by atoms with van der Waals surface area (Å²) in [5.74, 6) is -0.171. The van der Waals surface area contributed by atoms with Crippen molar-refractivity contribution in [2.24, 2.45) is 0 Å². The molecule has 0 aliphatic rings. The Hall–Kier alpha value is -2.80. The SMILES string of the molecule is CC(=O)c1c(-c2ncc(F)c(NCCCN(C)C)n2)[nH]c2ccccc12. The van der Waals surface area contributed by atoms with E-state index in [-0.39, 0.29) is 11.6 Å². The number of aromatic amines is 1. The van der Waals surface area contributed by atoms with E-state index in [2.05, 4.69) is 25.2 Å². The molecule has 2 N–H and O–H groups in total. The van der Waals surface area contributed by atoms with E-state index in [1.807, 2.05) is 38.4 Å². The van der Waals surface area contributed by atoms with Crippen molar-refractivity contribution in [3.8, 4) is 11.5 Å². The summed E-state index contributed by atoms with van der Waals surface area (Å²) in [6.45, 7) is 2.99. The highest BCUT2D eigenvalue weighted by atomic mass is 19.1. The molecule has 0 saturated carbocycles. The zero-order valence-electron chi connectivity index (χ0n) is 15.1. The standard InChI is InChI=1S/C19H22FN5O/c1-12(26)16-13-7-4-5-8-15(13)23-17(16)19-22-11-14(20)18(24-19)21-9-6-10-25(2)3/h4-5,7-8,11,23H,6,9-10H2,1-3H3,(H,21,22,24). The zero-order valence-corrected chi connectivity index (χ0v) is 15.1. The van der Waals surface area contributed by atoms with Crippen LogP contribution in [0.4, 0.5) is 10.2 Å². The Balaban J connectivity index is 1.95. The number of carbonyl (C=O) groups is 1. The molecule has 0 amide bonds. The molecule has 0 atom stereocenters. The van der Waals surface area contributed by atoms with E-state index in [4.69, 9.17) is 0 Å². The van der Waals surface area contributed by atoms with E-state index >= 15 is 0 Å². The summed E-state index contributed by atoms with van der Waals surface area (Å²) in [6.07, 6.45) is 1.99. The molecule has 3 aromatic rings. The van der Waals surface area contributed by atoms with Gasteiger partial charge in [-0.05, 0) is 40.1 Å². The number of fused-ring (bicyclic) bond motifs is 1. The molecule has 2 aromatic heterocycles. The number of rotatable bonds is 7. The number of halogens is 1. The largest absolute Gasteiger partial charge is 0.367 e. The van der Waals surface area contributed by atoms with Crippen LogP contribution in [-0.4, -0.2) is 52.8 Å². The second kappa shape index (κ2) is 7.61. The van der Waals surface area contributed by atoms with Crippen LogP contribution in [0.25, 0.3) is 22.4 Å². The van der Waals surface area contributed by atoms with Gasteiger partial charge in [-0.3, -0.25) is 4.79 Å². The topological polar surface area (TPSA) is 73.9 Å². The lowest BCUT2D eigenvalue weighted by atomic mass is 10.1. The highest BCUT2D eigenvalue weighted by molar-refractivity contribution is 6.11. The van der Waals surface area contributed by atoms with Gasteiger partial charge in [0.2, 0.25) is 0 Å². The maximum Gasteiger partial charge on any atom is 0.183 e. The first-order valence-electron chi connectivity index (χ1n) is 8.50. The monoisotopic (exact) mass is 355 g/mol. The lowest BCUT2D eigenvalue weighted by Gasteiger charge is -2.11. The van der Waals surface area contributed by atoms with Crippen LogP contribution in [0.3, 0.4) is 0 Å². The molecular weight excluding hydrogens is 333 g/mol. The lowest BCUT2D eigenvalue weighted by Crippen LogP contribution is -2.17. The molecule has 0 saturated heterocycles. The van der Waals surface area contributed by atoms with Gasteiger partial charge in [0.25, 0.3) is 0 Å². The fourth-order valence-corrected chi connectivity index (χ4v) is 2.89. The van der Waals surface area contributed by atoms with Crippen molar-refractivity contribution in [2.45, 2.75) is 13.3 Å². The molecular formula is C19H22FN5O. The van der Waals surface area contributed by atoms with E-state index in [0.717, 1.165) is 30.1 Å². The van der Waals surface area contributed by atoms with Gasteiger partial charge in [0.15, 0.2) is 23.2 Å². The zero-order chi connectivity index (χ0) is 18.7. The number of carbonyl (C=O) groups excluding carboxylic acids is 1. The number of hydrogen-bond acceptors (Lipinski definition) is 5. The molecule has 136 valence electrons. The first-order valence-corrected chi connectivity index (χ1v) is 8.50. The maximum atomic E-state index is 14.1. The Labute approximate surface area is 151 Å². The molecule has 0 aliphatic heterocycles. The third-order valence-electron chi connectivity index (χ3n) is 4.10.